The van der Waals surface area contributed by atoms with Gasteiger partial charge in [-0.2, -0.15) is 0 Å². The van der Waals surface area contributed by atoms with Gasteiger partial charge in [0.2, 0.25) is 0 Å². The van der Waals surface area contributed by atoms with Crippen molar-refractivity contribution in [3.8, 4) is 10.9 Å². The zero-order valence-corrected chi connectivity index (χ0v) is 17.2. The first kappa shape index (κ1) is 19.3. The second-order valence-electron chi connectivity index (χ2n) is 7.99. The minimum absolute atomic E-state index is 0.271. The number of aromatic nitrogens is 1. The summed E-state index contributed by atoms with van der Waals surface area (Å²) in [5.41, 5.74) is 7.29. The van der Waals surface area contributed by atoms with E-state index in [0.29, 0.717) is 27.2 Å². The van der Waals surface area contributed by atoms with Gasteiger partial charge < -0.3 is 20.7 Å². The lowest BCUT2D eigenvalue weighted by molar-refractivity contribution is 0.138. The van der Waals surface area contributed by atoms with E-state index in [1.165, 1.54) is 17.4 Å². The zero-order chi connectivity index (χ0) is 20.7. The quantitative estimate of drug-likeness (QED) is 0.634. The maximum Gasteiger partial charge on any atom is 0.315 e. The number of nitrogens with zero attached hydrogens (tertiary/aromatic N) is 2. The Hall–Kier alpha value is -2.71. The van der Waals surface area contributed by atoms with Crippen molar-refractivity contribution in [2.45, 2.75) is 50.4 Å². The van der Waals surface area contributed by atoms with Crippen LogP contribution in [0, 0.1) is 5.82 Å². The molecule has 0 saturated carbocycles. The molecule has 2 saturated heterocycles. The van der Waals surface area contributed by atoms with Gasteiger partial charge in [0.1, 0.15) is 11.6 Å². The number of nitrogens with two attached hydrogens (primary N) is 1. The average molecular weight is 427 g/mol. The van der Waals surface area contributed by atoms with E-state index in [2.05, 4.69) is 10.3 Å². The van der Waals surface area contributed by atoms with Crippen LogP contribution in [-0.2, 0) is 6.54 Å². The van der Waals surface area contributed by atoms with Crippen LogP contribution in [-0.4, -0.2) is 34.0 Å². The molecule has 8 heteroatoms. The highest BCUT2D eigenvalue weighted by atomic mass is 32.1. The molecule has 2 amide bonds. The van der Waals surface area contributed by atoms with Gasteiger partial charge >= 0.3 is 6.03 Å². The summed E-state index contributed by atoms with van der Waals surface area (Å²) < 4.78 is 20.1. The van der Waals surface area contributed by atoms with Crippen LogP contribution in [0.4, 0.5) is 9.18 Å². The van der Waals surface area contributed by atoms with E-state index in [0.717, 1.165) is 37.8 Å². The molecule has 2 fully saturated rings. The Morgan fingerprint density at radius 1 is 1.20 bits per heavy atom. The van der Waals surface area contributed by atoms with Gasteiger partial charge in [0.25, 0.3) is 5.19 Å². The number of nitrogens with one attached hydrogen (secondary N) is 1. The van der Waals surface area contributed by atoms with Gasteiger partial charge in [-0.25, -0.2) is 14.2 Å². The van der Waals surface area contributed by atoms with E-state index in [1.54, 1.807) is 12.1 Å². The van der Waals surface area contributed by atoms with E-state index in [-0.39, 0.29) is 23.9 Å². The Balaban J connectivity index is 1.18. The number of rotatable bonds is 5. The van der Waals surface area contributed by atoms with Gasteiger partial charge in [-0.3, -0.25) is 0 Å². The van der Waals surface area contributed by atoms with Gasteiger partial charge in [0.05, 0.1) is 10.2 Å². The van der Waals surface area contributed by atoms with E-state index in [1.807, 2.05) is 29.2 Å². The molecule has 1 aromatic heterocycles. The predicted octanol–water partition coefficient (Wildman–Crippen LogP) is 4.39. The highest BCUT2D eigenvalue weighted by molar-refractivity contribution is 7.20. The highest BCUT2D eigenvalue weighted by Gasteiger charge is 2.42. The van der Waals surface area contributed by atoms with E-state index in [4.69, 9.17) is 10.5 Å². The predicted molar refractivity (Wildman–Crippen MR) is 114 cm³/mol. The second kappa shape index (κ2) is 7.85. The van der Waals surface area contributed by atoms with Crippen LogP contribution in [0.1, 0.15) is 31.2 Å². The smallest absolute Gasteiger partial charge is 0.315 e. The third kappa shape index (κ3) is 3.73. The van der Waals surface area contributed by atoms with Crippen LogP contribution in [0.2, 0.25) is 0 Å². The highest BCUT2D eigenvalue weighted by Crippen LogP contribution is 2.36. The van der Waals surface area contributed by atoms with Crippen molar-refractivity contribution in [3.05, 3.63) is 53.8 Å². The largest absolute Gasteiger partial charge is 0.431 e. The zero-order valence-electron chi connectivity index (χ0n) is 16.4. The number of carbonyl (C=O) groups is 1. The van der Waals surface area contributed by atoms with Crippen LogP contribution in [0.15, 0.2) is 42.5 Å². The first-order valence-electron chi connectivity index (χ1n) is 10.2. The molecule has 0 spiro atoms. The first-order valence-corrected chi connectivity index (χ1v) is 11.0. The number of piperidine rings is 1. The Labute approximate surface area is 177 Å². The fourth-order valence-corrected chi connectivity index (χ4v) is 5.52. The number of urea groups is 1. The molecular formula is C22H23FN4O2S. The van der Waals surface area contributed by atoms with Crippen molar-refractivity contribution in [3.63, 3.8) is 0 Å². The number of hydrogen-bond donors (Lipinski definition) is 2. The number of primary amides is 1. The molecule has 2 aliphatic heterocycles. The molecule has 0 radical (unpaired) electrons. The summed E-state index contributed by atoms with van der Waals surface area (Å²) in [7, 11) is 0. The van der Waals surface area contributed by atoms with Crippen molar-refractivity contribution in [1.82, 2.24) is 15.2 Å². The van der Waals surface area contributed by atoms with Crippen molar-refractivity contribution in [1.29, 1.82) is 0 Å². The standard InChI is InChI=1S/C22H23FN4O2S/c23-18-2-1-3-19-20(18)30-22(26-19)29-17-8-4-13(5-9-17)12-25-14-10-15-6-7-16(11-14)27(15)21(24)28/h1-5,8-9,14-16,25H,6-7,10-12H2,(H2,24,28)/t14?,15-,16+. The van der Waals surface area contributed by atoms with Crippen molar-refractivity contribution in [2.75, 3.05) is 0 Å². The monoisotopic (exact) mass is 426 g/mol. The van der Waals surface area contributed by atoms with E-state index >= 15 is 0 Å². The van der Waals surface area contributed by atoms with Crippen molar-refractivity contribution in [2.24, 2.45) is 5.73 Å². The second-order valence-corrected chi connectivity index (χ2v) is 8.96. The van der Waals surface area contributed by atoms with Gasteiger partial charge in [0.15, 0.2) is 0 Å². The van der Waals surface area contributed by atoms with Crippen LogP contribution in [0.5, 0.6) is 10.9 Å². The average Bonchev–Trinajstić information content (AvgIpc) is 3.26. The number of carbonyl (C=O) groups excluding carboxylic acids is 1. The van der Waals surface area contributed by atoms with E-state index < -0.39 is 0 Å². The number of amides is 2. The lowest BCUT2D eigenvalue weighted by Gasteiger charge is -2.38. The molecule has 2 bridgehead atoms. The van der Waals surface area contributed by atoms with Crippen LogP contribution >= 0.6 is 11.3 Å². The lowest BCUT2D eigenvalue weighted by Crippen LogP contribution is -2.53. The normalized spacial score (nSPS) is 23.1. The molecular weight excluding hydrogens is 403 g/mol. The van der Waals surface area contributed by atoms with Gasteiger partial charge in [-0.15, -0.1) is 0 Å². The molecule has 3 atom stereocenters. The lowest BCUT2D eigenvalue weighted by atomic mass is 9.97. The molecule has 5 rings (SSSR count). The topological polar surface area (TPSA) is 80.5 Å². The Bertz CT molecular complexity index is 1060. The first-order chi connectivity index (χ1) is 14.6. The number of halogens is 1. The van der Waals surface area contributed by atoms with Gasteiger partial charge in [-0.1, -0.05) is 29.5 Å². The maximum atomic E-state index is 13.8. The molecule has 2 aliphatic rings. The van der Waals surface area contributed by atoms with Crippen LogP contribution in [0.3, 0.4) is 0 Å². The summed E-state index contributed by atoms with van der Waals surface area (Å²) in [4.78, 5) is 17.8. The molecule has 1 unspecified atom stereocenters. The Kier molecular flexibility index (Phi) is 5.04. The molecule has 3 heterocycles. The van der Waals surface area contributed by atoms with Gasteiger partial charge in [-0.05, 0) is 55.5 Å². The Morgan fingerprint density at radius 2 is 1.93 bits per heavy atom. The van der Waals surface area contributed by atoms with Crippen molar-refractivity contribution >= 4 is 27.6 Å². The van der Waals surface area contributed by atoms with E-state index in [9.17, 15) is 9.18 Å². The molecule has 3 aromatic rings. The number of hydrogen-bond acceptors (Lipinski definition) is 5. The maximum absolute atomic E-state index is 13.8. The number of benzene rings is 2. The minimum atomic E-state index is -0.285. The fourth-order valence-electron chi connectivity index (χ4n) is 4.68. The minimum Gasteiger partial charge on any atom is -0.431 e. The molecule has 2 aromatic carbocycles. The fraction of sp³-hybridized carbons (Fsp3) is 0.364. The number of fused-ring (bicyclic) bond motifs is 3. The summed E-state index contributed by atoms with van der Waals surface area (Å²) in [5, 5.41) is 4.05. The summed E-state index contributed by atoms with van der Waals surface area (Å²) in [6, 6.07) is 13.3. The molecule has 0 aliphatic carbocycles. The molecule has 156 valence electrons. The third-order valence-electron chi connectivity index (χ3n) is 6.06. The SMILES string of the molecule is NC(=O)N1[C@@H]2CC[C@H]1CC(NCc1ccc(Oc3nc4cccc(F)c4s3)cc1)C2. The van der Waals surface area contributed by atoms with Crippen molar-refractivity contribution < 1.29 is 13.9 Å². The summed E-state index contributed by atoms with van der Waals surface area (Å²) in [6.07, 6.45) is 4.00. The third-order valence-corrected chi connectivity index (χ3v) is 7.02. The summed E-state index contributed by atoms with van der Waals surface area (Å²) in [6.45, 7) is 0.757. The van der Waals surface area contributed by atoms with Crippen LogP contribution < -0.4 is 15.8 Å². The summed E-state index contributed by atoms with van der Waals surface area (Å²) >= 11 is 1.20. The molecule has 6 nitrogen and oxygen atoms in total. The molecule has 30 heavy (non-hydrogen) atoms. The number of thiazole rings is 1. The van der Waals surface area contributed by atoms with Crippen LogP contribution in [0.25, 0.3) is 10.2 Å². The molecule has 3 N–H and O–H groups in total. The Morgan fingerprint density at radius 3 is 2.60 bits per heavy atom. The number of ether oxygens (including phenoxy) is 1. The van der Waals surface area contributed by atoms with Gasteiger partial charge in [0, 0.05) is 24.7 Å². The summed E-state index contributed by atoms with van der Waals surface area (Å²) in [5.74, 6) is 0.391.